The van der Waals surface area contributed by atoms with Gasteiger partial charge in [-0.2, -0.15) is 23.1 Å². The Morgan fingerprint density at radius 1 is 1.13 bits per heavy atom. The van der Waals surface area contributed by atoms with Gasteiger partial charge in [-0.3, -0.25) is 4.90 Å². The first kappa shape index (κ1) is 35.9. The van der Waals surface area contributed by atoms with Gasteiger partial charge in [0.1, 0.15) is 35.7 Å². The molecule has 4 aliphatic rings. The van der Waals surface area contributed by atoms with Crippen LogP contribution in [0.1, 0.15) is 37.7 Å². The topological polar surface area (TPSA) is 111 Å². The second-order valence-electron chi connectivity index (χ2n) is 13.6. The van der Waals surface area contributed by atoms with Crippen molar-refractivity contribution < 1.29 is 46.1 Å². The fourth-order valence-corrected chi connectivity index (χ4v) is 8.39. The van der Waals surface area contributed by atoms with Crippen molar-refractivity contribution in [2.45, 2.75) is 62.1 Å². The number of anilines is 1. The first-order valence-electron chi connectivity index (χ1n) is 16.6. The van der Waals surface area contributed by atoms with Gasteiger partial charge in [0.2, 0.25) is 0 Å². The van der Waals surface area contributed by atoms with Crippen molar-refractivity contribution >= 4 is 45.1 Å². The molecule has 3 aromatic carbocycles. The minimum absolute atomic E-state index is 0.00443. The molecule has 2 unspecified atom stereocenters. The number of terminal acetylenes is 1. The van der Waals surface area contributed by atoms with Crippen LogP contribution in [0, 0.1) is 24.0 Å². The molecule has 4 fully saturated rings. The molecule has 16 heteroatoms. The van der Waals surface area contributed by atoms with Gasteiger partial charge >= 0.3 is 18.2 Å². The average Bonchev–Trinajstić information content (AvgIpc) is 3.73. The standard InChI is InChI=1S/C34H31ClF3N5O2.C2HF3O2/c1-2-23-27(37)7-4-18-10-22(44)11-24(28(18)23)29-26(35)12-25-31(30(29)38)40-33(41-32(25)42-15-20-5-6-21(16-42)39-20)45-17-34-8-3-9-43(34)14-19(36)13-34;3-2(4,5)1(6)7/h1,4,7,10-12,19-21,39,44H,3,5-6,8-9,13-17H2;(H,6,7)/t19-,20?,21?,34+;/m1./s1. The predicted molar refractivity (Wildman–Crippen MR) is 181 cm³/mol. The van der Waals surface area contributed by atoms with E-state index in [9.17, 15) is 27.1 Å². The zero-order valence-electron chi connectivity index (χ0n) is 27.4. The lowest BCUT2D eigenvalue weighted by molar-refractivity contribution is -0.192. The molecule has 0 spiro atoms. The molecule has 5 heterocycles. The van der Waals surface area contributed by atoms with E-state index >= 15 is 4.39 Å². The summed E-state index contributed by atoms with van der Waals surface area (Å²) in [5.74, 6) is -1.45. The number of halogens is 7. The Labute approximate surface area is 298 Å². The Morgan fingerprint density at radius 2 is 1.85 bits per heavy atom. The van der Waals surface area contributed by atoms with Crippen LogP contribution in [0.25, 0.3) is 32.8 Å². The summed E-state index contributed by atoms with van der Waals surface area (Å²) in [5.41, 5.74) is -0.452. The van der Waals surface area contributed by atoms with E-state index in [4.69, 9.17) is 37.6 Å². The van der Waals surface area contributed by atoms with Gasteiger partial charge in [0.25, 0.3) is 0 Å². The second kappa shape index (κ2) is 13.5. The highest BCUT2D eigenvalue weighted by Gasteiger charge is 2.49. The number of nitrogens with one attached hydrogen (secondary N) is 1. The van der Waals surface area contributed by atoms with E-state index < -0.39 is 35.5 Å². The van der Waals surface area contributed by atoms with E-state index in [1.165, 1.54) is 24.3 Å². The van der Waals surface area contributed by atoms with Crippen LogP contribution in [0.5, 0.6) is 11.8 Å². The van der Waals surface area contributed by atoms with Crippen LogP contribution in [0.15, 0.2) is 30.3 Å². The summed E-state index contributed by atoms with van der Waals surface area (Å²) < 4.78 is 84.3. The highest BCUT2D eigenvalue weighted by molar-refractivity contribution is 6.35. The molecular weight excluding hydrogens is 716 g/mol. The minimum Gasteiger partial charge on any atom is -0.508 e. The number of hydrogen-bond donors (Lipinski definition) is 3. The first-order valence-corrected chi connectivity index (χ1v) is 17.0. The third-order valence-electron chi connectivity index (χ3n) is 10.3. The number of benzene rings is 3. The van der Waals surface area contributed by atoms with E-state index in [0.717, 1.165) is 32.2 Å². The number of carboxylic acid groups (broad SMARTS) is 1. The number of phenolic OH excluding ortho intramolecular Hbond substituents is 1. The van der Waals surface area contributed by atoms with Gasteiger partial charge in [0, 0.05) is 54.5 Å². The fourth-order valence-electron chi connectivity index (χ4n) is 8.09. The van der Waals surface area contributed by atoms with E-state index in [1.54, 1.807) is 6.07 Å². The molecule has 0 amide bonds. The number of hydrogen-bond acceptors (Lipinski definition) is 8. The smallest absolute Gasteiger partial charge is 0.490 e. The molecule has 52 heavy (non-hydrogen) atoms. The number of aromatic nitrogens is 2. The Morgan fingerprint density at radius 3 is 2.52 bits per heavy atom. The average molecular weight is 748 g/mol. The summed E-state index contributed by atoms with van der Waals surface area (Å²) in [6, 6.07) is 7.62. The molecule has 0 saturated carbocycles. The number of alkyl halides is 4. The molecule has 4 aromatic rings. The zero-order chi connectivity index (χ0) is 37.1. The van der Waals surface area contributed by atoms with E-state index in [1.807, 2.05) is 0 Å². The predicted octanol–water partition coefficient (Wildman–Crippen LogP) is 6.60. The summed E-state index contributed by atoms with van der Waals surface area (Å²) in [7, 11) is 0. The number of carboxylic acids is 1. The maximum Gasteiger partial charge on any atom is 0.490 e. The van der Waals surface area contributed by atoms with Crippen LogP contribution in [0.2, 0.25) is 5.02 Å². The van der Waals surface area contributed by atoms with Crippen molar-refractivity contribution in [3.8, 4) is 35.2 Å². The Balaban J connectivity index is 0.000000548. The SMILES string of the molecule is C#Cc1c(F)ccc2cc(O)cc(-c3c(Cl)cc4c(N5CC6CCC(C5)N6)nc(OC[C@@]56CCCN5C[C@H](F)C6)nc4c3F)c12.O=C(O)C(F)(F)F. The maximum absolute atomic E-state index is 17.0. The fraction of sp³-hybridized carbons (Fsp3) is 0.417. The normalized spacial score (nSPS) is 24.1. The van der Waals surface area contributed by atoms with Crippen molar-refractivity contribution in [1.29, 1.82) is 0 Å². The lowest BCUT2D eigenvalue weighted by Crippen LogP contribution is -2.51. The summed E-state index contributed by atoms with van der Waals surface area (Å²) in [4.78, 5) is 22.5. The molecule has 4 aliphatic heterocycles. The van der Waals surface area contributed by atoms with Crippen molar-refractivity contribution in [2.75, 3.05) is 37.7 Å². The van der Waals surface area contributed by atoms with Crippen LogP contribution in [-0.4, -0.2) is 93.8 Å². The highest BCUT2D eigenvalue weighted by Crippen LogP contribution is 2.45. The molecule has 1 aromatic heterocycles. The molecule has 2 bridgehead atoms. The van der Waals surface area contributed by atoms with Gasteiger partial charge in [-0.1, -0.05) is 23.6 Å². The Hall–Kier alpha value is -4.52. The molecule has 0 aliphatic carbocycles. The summed E-state index contributed by atoms with van der Waals surface area (Å²) in [6.07, 6.45) is 3.90. The van der Waals surface area contributed by atoms with E-state index in [0.29, 0.717) is 42.6 Å². The quantitative estimate of drug-likeness (QED) is 0.154. The Kier molecular flexibility index (Phi) is 9.29. The number of carbonyl (C=O) groups is 1. The minimum atomic E-state index is -5.08. The second-order valence-corrected chi connectivity index (χ2v) is 14.0. The van der Waals surface area contributed by atoms with E-state index in [2.05, 4.69) is 26.0 Å². The van der Waals surface area contributed by atoms with Crippen molar-refractivity contribution in [2.24, 2.45) is 0 Å². The van der Waals surface area contributed by atoms with Gasteiger partial charge in [0.05, 0.1) is 16.1 Å². The number of ether oxygens (including phenoxy) is 1. The van der Waals surface area contributed by atoms with Crippen molar-refractivity contribution in [1.82, 2.24) is 20.2 Å². The maximum atomic E-state index is 17.0. The van der Waals surface area contributed by atoms with Crippen LogP contribution >= 0.6 is 11.6 Å². The number of nitrogens with zero attached hydrogens (tertiary/aromatic N) is 4. The summed E-state index contributed by atoms with van der Waals surface area (Å²) in [5, 5.41) is 22.4. The molecule has 9 nitrogen and oxygen atoms in total. The molecular formula is C36H32ClF6N5O4. The molecule has 274 valence electrons. The number of rotatable bonds is 5. The molecule has 4 saturated heterocycles. The largest absolute Gasteiger partial charge is 0.508 e. The summed E-state index contributed by atoms with van der Waals surface area (Å²) in [6.45, 7) is 2.73. The van der Waals surface area contributed by atoms with Crippen LogP contribution in [0.4, 0.5) is 32.2 Å². The number of piperazine rings is 1. The summed E-state index contributed by atoms with van der Waals surface area (Å²) >= 11 is 6.85. The molecule has 8 rings (SSSR count). The van der Waals surface area contributed by atoms with Crippen LogP contribution in [0.3, 0.4) is 0 Å². The van der Waals surface area contributed by atoms with Gasteiger partial charge in [-0.15, -0.1) is 6.42 Å². The zero-order valence-corrected chi connectivity index (χ0v) is 28.2. The van der Waals surface area contributed by atoms with Crippen molar-refractivity contribution in [3.05, 3.63) is 52.6 Å². The lowest BCUT2D eigenvalue weighted by Gasteiger charge is -2.34. The van der Waals surface area contributed by atoms with Crippen molar-refractivity contribution in [3.63, 3.8) is 0 Å². The first-order chi connectivity index (χ1) is 24.7. The number of aliphatic carboxylic acids is 1. The van der Waals surface area contributed by atoms with Gasteiger partial charge in [0.15, 0.2) is 5.82 Å². The molecule has 4 atom stereocenters. The van der Waals surface area contributed by atoms with Gasteiger partial charge in [-0.25, -0.2) is 18.0 Å². The van der Waals surface area contributed by atoms with Crippen LogP contribution in [-0.2, 0) is 4.79 Å². The van der Waals surface area contributed by atoms with Gasteiger partial charge < -0.3 is 25.2 Å². The molecule has 0 radical (unpaired) electrons. The third kappa shape index (κ3) is 6.52. The number of phenols is 1. The van der Waals surface area contributed by atoms with Crippen LogP contribution < -0.4 is 15.0 Å². The Bertz CT molecular complexity index is 2120. The highest BCUT2D eigenvalue weighted by atomic mass is 35.5. The number of fused-ring (bicyclic) bond motifs is 5. The number of aromatic hydroxyl groups is 1. The molecule has 3 N–H and O–H groups in total. The third-order valence-corrected chi connectivity index (χ3v) is 10.6. The lowest BCUT2D eigenvalue weighted by atomic mass is 9.93. The van der Waals surface area contributed by atoms with Gasteiger partial charge in [-0.05, 0) is 67.4 Å². The monoisotopic (exact) mass is 747 g/mol. The van der Waals surface area contributed by atoms with E-state index in [-0.39, 0.29) is 63.1 Å².